The van der Waals surface area contributed by atoms with E-state index in [1.807, 2.05) is 22.4 Å². The number of carbonyl (C=O) groups is 1. The summed E-state index contributed by atoms with van der Waals surface area (Å²) in [5.74, 6) is 1.62. The lowest BCUT2D eigenvalue weighted by Crippen LogP contribution is -2.39. The standard InChI is InChI=1S/C17H23N3O3S/c1-3-16-19-12(11-24-16)9-18-17(21)20-8-4-5-14(20)15-7-6-13(23-15)10-22-2/h6-7,11,14H,3-5,8-10H2,1-2H3,(H,18,21)/t14-/m1/s1. The average molecular weight is 349 g/mol. The molecule has 0 aliphatic carbocycles. The number of urea groups is 1. The Morgan fingerprint density at radius 2 is 2.42 bits per heavy atom. The zero-order valence-corrected chi connectivity index (χ0v) is 14.9. The number of ether oxygens (including phenoxy) is 1. The quantitative estimate of drug-likeness (QED) is 0.867. The Hall–Kier alpha value is -1.86. The van der Waals surface area contributed by atoms with Gasteiger partial charge in [0.15, 0.2) is 0 Å². The summed E-state index contributed by atoms with van der Waals surface area (Å²) in [5.41, 5.74) is 0.918. The Kier molecular flexibility index (Phi) is 5.52. The summed E-state index contributed by atoms with van der Waals surface area (Å²) >= 11 is 1.64. The summed E-state index contributed by atoms with van der Waals surface area (Å²) in [6.45, 7) is 3.74. The van der Waals surface area contributed by atoms with E-state index in [-0.39, 0.29) is 12.1 Å². The molecule has 2 aromatic rings. The van der Waals surface area contributed by atoms with Crippen LogP contribution in [0.2, 0.25) is 0 Å². The third-order valence-corrected chi connectivity index (χ3v) is 5.18. The minimum absolute atomic E-state index is 0.00255. The van der Waals surface area contributed by atoms with Crippen molar-refractivity contribution in [2.45, 2.75) is 45.4 Å². The molecule has 1 fully saturated rings. The molecule has 6 nitrogen and oxygen atoms in total. The molecule has 0 aromatic carbocycles. The molecule has 1 aliphatic heterocycles. The summed E-state index contributed by atoms with van der Waals surface area (Å²) < 4.78 is 10.9. The number of nitrogens with one attached hydrogen (secondary N) is 1. The van der Waals surface area contributed by atoms with Crippen molar-refractivity contribution in [1.29, 1.82) is 0 Å². The first kappa shape index (κ1) is 17.0. The van der Waals surface area contributed by atoms with Crippen molar-refractivity contribution in [1.82, 2.24) is 15.2 Å². The Morgan fingerprint density at radius 3 is 3.17 bits per heavy atom. The number of thiazole rings is 1. The minimum Gasteiger partial charge on any atom is -0.461 e. The molecule has 1 saturated heterocycles. The number of rotatable bonds is 6. The largest absolute Gasteiger partial charge is 0.461 e. The second-order valence-corrected chi connectivity index (χ2v) is 6.78. The number of carbonyl (C=O) groups excluding carboxylic acids is 1. The smallest absolute Gasteiger partial charge is 0.318 e. The van der Waals surface area contributed by atoms with Crippen molar-refractivity contribution in [3.8, 4) is 0 Å². The van der Waals surface area contributed by atoms with Crippen molar-refractivity contribution in [2.75, 3.05) is 13.7 Å². The number of aromatic nitrogens is 1. The molecule has 0 unspecified atom stereocenters. The molecular formula is C17H23N3O3S. The molecule has 0 radical (unpaired) electrons. The van der Waals surface area contributed by atoms with Gasteiger partial charge in [-0.05, 0) is 31.4 Å². The number of likely N-dealkylation sites (tertiary alicyclic amines) is 1. The molecule has 3 rings (SSSR count). The van der Waals surface area contributed by atoms with Crippen LogP contribution in [-0.2, 0) is 24.3 Å². The maximum atomic E-state index is 12.5. The molecule has 2 amide bonds. The normalized spacial score (nSPS) is 17.4. The summed E-state index contributed by atoms with van der Waals surface area (Å²) in [7, 11) is 1.64. The van der Waals surface area contributed by atoms with E-state index in [1.54, 1.807) is 18.4 Å². The van der Waals surface area contributed by atoms with E-state index in [4.69, 9.17) is 9.15 Å². The number of aryl methyl sites for hydroxylation is 1. The highest BCUT2D eigenvalue weighted by Crippen LogP contribution is 2.33. The monoisotopic (exact) mass is 349 g/mol. The number of furan rings is 1. The molecule has 3 heterocycles. The van der Waals surface area contributed by atoms with Crippen LogP contribution in [0.5, 0.6) is 0 Å². The van der Waals surface area contributed by atoms with Crippen LogP contribution < -0.4 is 5.32 Å². The van der Waals surface area contributed by atoms with E-state index in [0.29, 0.717) is 13.2 Å². The molecule has 1 aliphatic rings. The van der Waals surface area contributed by atoms with Gasteiger partial charge in [0.05, 0.1) is 23.3 Å². The number of hydrogen-bond acceptors (Lipinski definition) is 5. The average Bonchev–Trinajstić information content (AvgIpc) is 3.32. The van der Waals surface area contributed by atoms with Gasteiger partial charge in [0.1, 0.15) is 18.1 Å². The predicted octanol–water partition coefficient (Wildman–Crippen LogP) is 3.49. The maximum absolute atomic E-state index is 12.5. The fourth-order valence-corrected chi connectivity index (χ4v) is 3.70. The lowest BCUT2D eigenvalue weighted by Gasteiger charge is -2.23. The van der Waals surface area contributed by atoms with E-state index in [2.05, 4.69) is 17.2 Å². The van der Waals surface area contributed by atoms with Crippen molar-refractivity contribution >= 4 is 17.4 Å². The van der Waals surface area contributed by atoms with Crippen molar-refractivity contribution < 1.29 is 13.9 Å². The van der Waals surface area contributed by atoms with Crippen LogP contribution >= 0.6 is 11.3 Å². The van der Waals surface area contributed by atoms with Crippen molar-refractivity contribution in [3.63, 3.8) is 0 Å². The Bertz CT molecular complexity index is 682. The molecule has 24 heavy (non-hydrogen) atoms. The van der Waals surface area contributed by atoms with E-state index in [1.165, 1.54) is 0 Å². The van der Waals surface area contributed by atoms with Gasteiger partial charge in [0.2, 0.25) is 0 Å². The van der Waals surface area contributed by atoms with Gasteiger partial charge in [-0.2, -0.15) is 0 Å². The van der Waals surface area contributed by atoms with Crippen LogP contribution in [0.3, 0.4) is 0 Å². The molecule has 1 N–H and O–H groups in total. The molecule has 2 aromatic heterocycles. The summed E-state index contributed by atoms with van der Waals surface area (Å²) in [5, 5.41) is 6.08. The summed E-state index contributed by atoms with van der Waals surface area (Å²) in [6.07, 6.45) is 2.83. The Labute approximate surface area is 145 Å². The molecule has 0 bridgehead atoms. The lowest BCUT2D eigenvalue weighted by atomic mass is 10.2. The van der Waals surface area contributed by atoms with Crippen molar-refractivity contribution in [3.05, 3.63) is 39.7 Å². The molecule has 1 atom stereocenters. The summed E-state index contributed by atoms with van der Waals surface area (Å²) in [4.78, 5) is 18.9. The Morgan fingerprint density at radius 1 is 1.54 bits per heavy atom. The zero-order valence-electron chi connectivity index (χ0n) is 14.1. The number of methoxy groups -OCH3 is 1. The van der Waals surface area contributed by atoms with Gasteiger partial charge in [0, 0.05) is 19.0 Å². The van der Waals surface area contributed by atoms with Gasteiger partial charge in [-0.25, -0.2) is 9.78 Å². The zero-order chi connectivity index (χ0) is 16.9. The number of hydrogen-bond donors (Lipinski definition) is 1. The highest BCUT2D eigenvalue weighted by atomic mass is 32.1. The topological polar surface area (TPSA) is 67.6 Å². The third kappa shape index (κ3) is 3.79. The third-order valence-electron chi connectivity index (χ3n) is 4.13. The van der Waals surface area contributed by atoms with Crippen LogP contribution in [0, 0.1) is 0 Å². The van der Waals surface area contributed by atoms with Crippen LogP contribution in [0.15, 0.2) is 21.9 Å². The lowest BCUT2D eigenvalue weighted by molar-refractivity contribution is 0.156. The first-order chi connectivity index (χ1) is 11.7. The van der Waals surface area contributed by atoms with Gasteiger partial charge < -0.3 is 19.4 Å². The molecule has 7 heteroatoms. The van der Waals surface area contributed by atoms with Crippen LogP contribution in [0.4, 0.5) is 4.79 Å². The van der Waals surface area contributed by atoms with Crippen LogP contribution in [-0.4, -0.2) is 29.6 Å². The van der Waals surface area contributed by atoms with E-state index < -0.39 is 0 Å². The number of amides is 2. The fraction of sp³-hybridized carbons (Fsp3) is 0.529. The highest BCUT2D eigenvalue weighted by Gasteiger charge is 2.32. The van der Waals surface area contributed by atoms with Gasteiger partial charge in [-0.15, -0.1) is 11.3 Å². The van der Waals surface area contributed by atoms with E-state index in [0.717, 1.165) is 48.0 Å². The SMILES string of the molecule is CCc1nc(CNC(=O)N2CCC[C@@H]2c2ccc(COC)o2)cs1. The summed E-state index contributed by atoms with van der Waals surface area (Å²) in [6, 6.07) is 3.79. The van der Waals surface area contributed by atoms with Gasteiger partial charge >= 0.3 is 6.03 Å². The second-order valence-electron chi connectivity index (χ2n) is 5.83. The van der Waals surface area contributed by atoms with E-state index >= 15 is 0 Å². The predicted molar refractivity (Wildman–Crippen MR) is 91.8 cm³/mol. The second kappa shape index (κ2) is 7.81. The molecular weight excluding hydrogens is 326 g/mol. The molecule has 0 spiro atoms. The Balaban J connectivity index is 1.60. The molecule has 0 saturated carbocycles. The number of nitrogens with zero attached hydrogens (tertiary/aromatic N) is 2. The van der Waals surface area contributed by atoms with Gasteiger partial charge in [-0.3, -0.25) is 0 Å². The first-order valence-corrected chi connectivity index (χ1v) is 9.14. The van der Waals surface area contributed by atoms with Crippen molar-refractivity contribution in [2.24, 2.45) is 0 Å². The van der Waals surface area contributed by atoms with Crippen LogP contribution in [0.1, 0.15) is 48.0 Å². The fourth-order valence-electron chi connectivity index (χ4n) is 2.96. The molecule has 130 valence electrons. The van der Waals surface area contributed by atoms with Gasteiger partial charge in [-0.1, -0.05) is 6.92 Å². The highest BCUT2D eigenvalue weighted by molar-refractivity contribution is 7.09. The maximum Gasteiger partial charge on any atom is 0.318 e. The first-order valence-electron chi connectivity index (χ1n) is 8.26. The minimum atomic E-state index is -0.0618. The van der Waals surface area contributed by atoms with E-state index in [9.17, 15) is 4.79 Å². The van der Waals surface area contributed by atoms with Gasteiger partial charge in [0.25, 0.3) is 0 Å². The van der Waals surface area contributed by atoms with Crippen LogP contribution in [0.25, 0.3) is 0 Å².